The first-order chi connectivity index (χ1) is 18.4. The third-order valence-electron chi connectivity index (χ3n) is 7.91. The molecule has 7 rings (SSSR count). The molecule has 0 saturated carbocycles. The van der Waals surface area contributed by atoms with E-state index in [4.69, 9.17) is 5.10 Å². The van der Waals surface area contributed by atoms with Crippen molar-refractivity contribution in [2.75, 3.05) is 0 Å². The van der Waals surface area contributed by atoms with Crippen molar-refractivity contribution in [3.05, 3.63) is 99.6 Å². The molecule has 192 valence electrons. The van der Waals surface area contributed by atoms with Gasteiger partial charge in [-0.25, -0.2) is 18.3 Å². The lowest BCUT2D eigenvalue weighted by atomic mass is 9.85. The van der Waals surface area contributed by atoms with Crippen molar-refractivity contribution in [2.45, 2.75) is 51.6 Å². The van der Waals surface area contributed by atoms with Crippen molar-refractivity contribution in [3.63, 3.8) is 0 Å². The predicted octanol–water partition coefficient (Wildman–Crippen LogP) is 5.00. The number of pyridine rings is 1. The molecule has 2 atom stereocenters. The summed E-state index contributed by atoms with van der Waals surface area (Å²) in [7, 11) is 0. The summed E-state index contributed by atoms with van der Waals surface area (Å²) in [5, 5.41) is 9.74. The summed E-state index contributed by atoms with van der Waals surface area (Å²) in [6, 6.07) is 8.86. The van der Waals surface area contributed by atoms with Gasteiger partial charge in [-0.05, 0) is 68.5 Å². The molecule has 7 nitrogen and oxygen atoms in total. The van der Waals surface area contributed by atoms with Crippen molar-refractivity contribution >= 4 is 10.8 Å². The highest BCUT2D eigenvalue weighted by molar-refractivity contribution is 5.84. The van der Waals surface area contributed by atoms with Crippen LogP contribution in [0.25, 0.3) is 28.0 Å². The SMILES string of the molecule is Cc1cc(-n2nc3c(c2-n2ccn(-c4ccc5cnccc5c4F)c2=O)[C@@H]2CCC[C@H](C3)N2)cc(C)c1F. The summed E-state index contributed by atoms with van der Waals surface area (Å²) < 4.78 is 34.7. The summed E-state index contributed by atoms with van der Waals surface area (Å²) in [6.07, 6.45) is 10.2. The average molecular weight is 513 g/mol. The minimum absolute atomic E-state index is 0.0593. The molecule has 2 aromatic carbocycles. The van der Waals surface area contributed by atoms with Crippen LogP contribution in [0.2, 0.25) is 0 Å². The molecule has 2 aliphatic rings. The fourth-order valence-corrected chi connectivity index (χ4v) is 6.10. The van der Waals surface area contributed by atoms with E-state index in [1.165, 1.54) is 15.3 Å². The Kier molecular flexibility index (Phi) is 5.13. The van der Waals surface area contributed by atoms with Gasteiger partial charge in [0.15, 0.2) is 5.82 Å². The number of nitrogens with zero attached hydrogens (tertiary/aromatic N) is 5. The number of imidazole rings is 1. The molecule has 38 heavy (non-hydrogen) atoms. The molecule has 0 unspecified atom stereocenters. The van der Waals surface area contributed by atoms with E-state index in [1.54, 1.807) is 67.5 Å². The molecule has 0 radical (unpaired) electrons. The number of rotatable bonds is 3. The normalized spacial score (nSPS) is 18.6. The van der Waals surface area contributed by atoms with E-state index in [9.17, 15) is 9.18 Å². The predicted molar refractivity (Wildman–Crippen MR) is 140 cm³/mol. The molecule has 5 heterocycles. The highest BCUT2D eigenvalue weighted by atomic mass is 19.1. The fourth-order valence-electron chi connectivity index (χ4n) is 6.10. The Balaban J connectivity index is 1.46. The van der Waals surface area contributed by atoms with Crippen LogP contribution in [0.5, 0.6) is 0 Å². The van der Waals surface area contributed by atoms with Gasteiger partial charge >= 0.3 is 5.69 Å². The van der Waals surface area contributed by atoms with Crippen molar-refractivity contribution < 1.29 is 8.78 Å². The second kappa shape index (κ2) is 8.46. The molecule has 0 amide bonds. The Morgan fingerprint density at radius 3 is 2.61 bits per heavy atom. The zero-order chi connectivity index (χ0) is 26.1. The van der Waals surface area contributed by atoms with Crippen LogP contribution >= 0.6 is 0 Å². The first-order valence-corrected chi connectivity index (χ1v) is 12.9. The lowest BCUT2D eigenvalue weighted by Gasteiger charge is -2.35. The van der Waals surface area contributed by atoms with E-state index in [2.05, 4.69) is 10.3 Å². The Hall–Kier alpha value is -4.11. The third kappa shape index (κ3) is 3.38. The zero-order valence-corrected chi connectivity index (χ0v) is 21.1. The minimum atomic E-state index is -0.484. The number of piperidine rings is 1. The largest absolute Gasteiger partial charge is 0.338 e. The van der Waals surface area contributed by atoms with E-state index in [-0.39, 0.29) is 17.5 Å². The number of benzene rings is 2. The average Bonchev–Trinajstić information content (AvgIpc) is 3.47. The standard InChI is InChI=1S/C29H26F2N6O/c1-16-12-20(13-17(2)26(16)30)37-28(25-22-5-3-4-19(33-22)14-23(25)34-37)36-11-10-35(29(36)38)24-7-6-18-15-32-9-8-21(18)27(24)31/h6-13,15,19,22,33H,3-5,14H2,1-2H3/t19-,22+/m1/s1. The van der Waals surface area contributed by atoms with Crippen LogP contribution < -0.4 is 11.0 Å². The van der Waals surface area contributed by atoms with Gasteiger partial charge in [0.1, 0.15) is 11.6 Å². The summed E-state index contributed by atoms with van der Waals surface area (Å²) in [5.74, 6) is -0.130. The monoisotopic (exact) mass is 512 g/mol. The summed E-state index contributed by atoms with van der Waals surface area (Å²) >= 11 is 0. The summed E-state index contributed by atoms with van der Waals surface area (Å²) in [4.78, 5) is 18.0. The Labute approximate surface area is 217 Å². The maximum Gasteiger partial charge on any atom is 0.338 e. The van der Waals surface area contributed by atoms with Crippen LogP contribution in [0.3, 0.4) is 0 Å². The first-order valence-electron chi connectivity index (χ1n) is 12.9. The van der Waals surface area contributed by atoms with Crippen molar-refractivity contribution in [3.8, 4) is 17.2 Å². The van der Waals surface area contributed by atoms with E-state index in [0.29, 0.717) is 39.4 Å². The maximum atomic E-state index is 15.5. The number of aryl methyl sites for hydroxylation is 2. The third-order valence-corrected chi connectivity index (χ3v) is 7.91. The van der Waals surface area contributed by atoms with E-state index in [1.807, 2.05) is 0 Å². The van der Waals surface area contributed by atoms with Gasteiger partial charge in [0.25, 0.3) is 0 Å². The molecule has 5 aromatic rings. The van der Waals surface area contributed by atoms with Gasteiger partial charge in [0.05, 0.1) is 17.1 Å². The molecular weight excluding hydrogens is 486 g/mol. The van der Waals surface area contributed by atoms with Crippen molar-refractivity contribution in [1.29, 1.82) is 0 Å². The van der Waals surface area contributed by atoms with Crippen LogP contribution in [0.1, 0.15) is 47.7 Å². The Bertz CT molecular complexity index is 1780. The first kappa shape index (κ1) is 23.0. The molecule has 1 fully saturated rings. The van der Waals surface area contributed by atoms with Gasteiger partial charge in [-0.1, -0.05) is 6.07 Å². The molecule has 0 spiro atoms. The van der Waals surface area contributed by atoms with Crippen LogP contribution in [0.15, 0.2) is 59.9 Å². The van der Waals surface area contributed by atoms with Gasteiger partial charge in [-0.3, -0.25) is 14.1 Å². The highest BCUT2D eigenvalue weighted by Gasteiger charge is 2.36. The smallest absolute Gasteiger partial charge is 0.307 e. The summed E-state index contributed by atoms with van der Waals surface area (Å²) in [6.45, 7) is 3.45. The van der Waals surface area contributed by atoms with Crippen molar-refractivity contribution in [2.24, 2.45) is 0 Å². The zero-order valence-electron chi connectivity index (χ0n) is 21.1. The number of hydrogen-bond acceptors (Lipinski definition) is 4. The van der Waals surface area contributed by atoms with Gasteiger partial charge in [0, 0.05) is 59.6 Å². The van der Waals surface area contributed by atoms with Crippen LogP contribution in [0, 0.1) is 25.5 Å². The van der Waals surface area contributed by atoms with Gasteiger partial charge in [0.2, 0.25) is 0 Å². The second-order valence-corrected chi connectivity index (χ2v) is 10.4. The van der Waals surface area contributed by atoms with Crippen molar-refractivity contribution in [1.82, 2.24) is 29.2 Å². The minimum Gasteiger partial charge on any atom is -0.307 e. The number of hydrogen-bond donors (Lipinski definition) is 1. The molecule has 1 saturated heterocycles. The molecule has 2 aliphatic heterocycles. The van der Waals surface area contributed by atoms with Crippen LogP contribution in [0.4, 0.5) is 8.78 Å². The Morgan fingerprint density at radius 1 is 1.00 bits per heavy atom. The fraction of sp³-hybridized carbons (Fsp3) is 0.276. The number of nitrogens with one attached hydrogen (secondary N) is 1. The highest BCUT2D eigenvalue weighted by Crippen LogP contribution is 2.38. The number of fused-ring (bicyclic) bond motifs is 5. The van der Waals surface area contributed by atoms with Crippen LogP contribution in [-0.4, -0.2) is 29.9 Å². The number of halogens is 2. The molecule has 0 aliphatic carbocycles. The second-order valence-electron chi connectivity index (χ2n) is 10.4. The van der Waals surface area contributed by atoms with Gasteiger partial charge < -0.3 is 5.32 Å². The van der Waals surface area contributed by atoms with Gasteiger partial charge in [-0.15, -0.1) is 0 Å². The molecule has 9 heteroatoms. The summed E-state index contributed by atoms with van der Waals surface area (Å²) in [5.41, 5.74) is 3.38. The maximum absolute atomic E-state index is 15.5. The van der Waals surface area contributed by atoms with E-state index in [0.717, 1.165) is 36.9 Å². The van der Waals surface area contributed by atoms with Gasteiger partial charge in [-0.2, -0.15) is 5.10 Å². The Morgan fingerprint density at radius 2 is 1.79 bits per heavy atom. The van der Waals surface area contributed by atoms with Crippen LogP contribution in [-0.2, 0) is 6.42 Å². The molecule has 1 N–H and O–H groups in total. The van der Waals surface area contributed by atoms with E-state index < -0.39 is 11.5 Å². The lowest BCUT2D eigenvalue weighted by molar-refractivity contribution is 0.300. The lowest BCUT2D eigenvalue weighted by Crippen LogP contribution is -2.43. The topological polar surface area (TPSA) is 69.7 Å². The quantitative estimate of drug-likeness (QED) is 0.370. The molecule has 2 bridgehead atoms. The number of aromatic nitrogens is 5. The van der Waals surface area contributed by atoms with E-state index >= 15 is 4.39 Å². The molecule has 3 aromatic heterocycles. The molecular formula is C29H26F2N6O.